The number of nitrogens with one attached hydrogen (secondary N) is 1. The first-order valence-electron chi connectivity index (χ1n) is 10.4. The Kier molecular flexibility index (Phi) is 10.5. The number of benzene rings is 1. The number of ether oxygens (including phenoxy) is 2. The van der Waals surface area contributed by atoms with Gasteiger partial charge < -0.3 is 19.9 Å². The molecule has 29 heavy (non-hydrogen) atoms. The fourth-order valence-corrected chi connectivity index (χ4v) is 3.90. The highest BCUT2D eigenvalue weighted by atomic mass is 35.5. The molecule has 7 heteroatoms. The van der Waals surface area contributed by atoms with Crippen LogP contribution in [0.5, 0.6) is 0 Å². The van der Waals surface area contributed by atoms with Gasteiger partial charge in [0.05, 0.1) is 18.6 Å². The van der Waals surface area contributed by atoms with Crippen LogP contribution in [0.3, 0.4) is 0 Å². The van der Waals surface area contributed by atoms with Gasteiger partial charge in [0, 0.05) is 17.9 Å². The lowest BCUT2D eigenvalue weighted by Crippen LogP contribution is -2.44. The molecule has 0 saturated heterocycles. The minimum atomic E-state index is -0.874. The first-order valence-corrected chi connectivity index (χ1v) is 10.8. The standard InChI is InChI=1S/C22H32ClNO5/c1-2-28-15-29-14-20(24-21(25)17-8-10-19(23)11-9-17)13-18(22(26)27)12-16-6-4-3-5-7-16/h3-7,17-20H,2,8-15H2,1H3,(H,24,25)(H,26,27)/t17?,18-,19?,20-/m0/s1. The van der Waals surface area contributed by atoms with Crippen molar-refractivity contribution in [3.05, 3.63) is 35.9 Å². The van der Waals surface area contributed by atoms with Crippen LogP contribution < -0.4 is 5.32 Å². The number of halogens is 1. The molecule has 0 aliphatic heterocycles. The Morgan fingerprint density at radius 3 is 2.48 bits per heavy atom. The molecule has 0 aromatic heterocycles. The van der Waals surface area contributed by atoms with E-state index in [2.05, 4.69) is 5.32 Å². The molecule has 0 spiro atoms. The number of carboxylic acid groups (broad SMARTS) is 1. The average molecular weight is 426 g/mol. The molecule has 1 amide bonds. The van der Waals surface area contributed by atoms with Crippen LogP contribution in [0.1, 0.15) is 44.6 Å². The molecule has 1 aliphatic rings. The number of hydrogen-bond acceptors (Lipinski definition) is 4. The maximum Gasteiger partial charge on any atom is 0.306 e. The molecule has 1 aromatic carbocycles. The number of alkyl halides is 1. The van der Waals surface area contributed by atoms with Gasteiger partial charge in [0.2, 0.25) is 5.91 Å². The summed E-state index contributed by atoms with van der Waals surface area (Å²) < 4.78 is 10.7. The predicted octanol–water partition coefficient (Wildman–Crippen LogP) is 3.61. The molecule has 1 fully saturated rings. The fourth-order valence-electron chi connectivity index (χ4n) is 3.65. The maximum atomic E-state index is 12.7. The molecule has 0 unspecified atom stereocenters. The van der Waals surface area contributed by atoms with E-state index < -0.39 is 11.9 Å². The lowest BCUT2D eigenvalue weighted by molar-refractivity contribution is -0.143. The SMILES string of the molecule is CCOCOC[C@H](C[C@H](Cc1ccccc1)C(=O)O)NC(=O)C1CCC(Cl)CC1. The van der Waals surface area contributed by atoms with Crippen molar-refractivity contribution in [2.75, 3.05) is 20.0 Å². The summed E-state index contributed by atoms with van der Waals surface area (Å²) >= 11 is 6.14. The highest BCUT2D eigenvalue weighted by Crippen LogP contribution is 2.28. The molecular weight excluding hydrogens is 394 g/mol. The third-order valence-electron chi connectivity index (χ3n) is 5.31. The number of aliphatic carboxylic acids is 1. The molecule has 2 N–H and O–H groups in total. The normalized spacial score (nSPS) is 21.3. The van der Waals surface area contributed by atoms with E-state index in [9.17, 15) is 14.7 Å². The van der Waals surface area contributed by atoms with Crippen LogP contribution in [-0.4, -0.2) is 48.4 Å². The van der Waals surface area contributed by atoms with Gasteiger partial charge in [0.25, 0.3) is 0 Å². The summed E-state index contributed by atoms with van der Waals surface area (Å²) in [7, 11) is 0. The van der Waals surface area contributed by atoms with Crippen molar-refractivity contribution < 1.29 is 24.2 Å². The Labute approximate surface area is 177 Å². The van der Waals surface area contributed by atoms with Gasteiger partial charge in [0.15, 0.2) is 0 Å². The van der Waals surface area contributed by atoms with Gasteiger partial charge in [-0.1, -0.05) is 30.3 Å². The van der Waals surface area contributed by atoms with Gasteiger partial charge in [-0.2, -0.15) is 0 Å². The van der Waals surface area contributed by atoms with E-state index in [1.54, 1.807) is 0 Å². The molecular formula is C22H32ClNO5. The summed E-state index contributed by atoms with van der Waals surface area (Å²) in [6, 6.07) is 9.14. The second kappa shape index (κ2) is 12.8. The number of carboxylic acids is 1. The quantitative estimate of drug-likeness (QED) is 0.303. The van der Waals surface area contributed by atoms with Gasteiger partial charge in [-0.05, 0) is 51.0 Å². The summed E-state index contributed by atoms with van der Waals surface area (Å²) in [5.74, 6) is -1.60. The molecule has 2 rings (SSSR count). The zero-order valence-corrected chi connectivity index (χ0v) is 17.8. The van der Waals surface area contributed by atoms with E-state index in [1.165, 1.54) is 0 Å². The topological polar surface area (TPSA) is 84.9 Å². The molecule has 1 aliphatic carbocycles. The molecule has 0 heterocycles. The van der Waals surface area contributed by atoms with Crippen molar-refractivity contribution in [2.24, 2.45) is 11.8 Å². The highest BCUT2D eigenvalue weighted by molar-refractivity contribution is 6.20. The molecule has 6 nitrogen and oxygen atoms in total. The fraction of sp³-hybridized carbons (Fsp3) is 0.636. The molecule has 1 aromatic rings. The molecule has 0 bridgehead atoms. The molecule has 1 saturated carbocycles. The highest BCUT2D eigenvalue weighted by Gasteiger charge is 2.29. The third kappa shape index (κ3) is 8.72. The van der Waals surface area contributed by atoms with Crippen molar-refractivity contribution in [2.45, 2.75) is 56.9 Å². The molecule has 162 valence electrons. The summed E-state index contributed by atoms with van der Waals surface area (Å²) in [6.07, 6.45) is 3.89. The Hall–Kier alpha value is -1.63. The van der Waals surface area contributed by atoms with Crippen LogP contribution in [0, 0.1) is 11.8 Å². The van der Waals surface area contributed by atoms with Crippen LogP contribution in [0.25, 0.3) is 0 Å². The lowest BCUT2D eigenvalue weighted by atomic mass is 9.87. The second-order valence-electron chi connectivity index (χ2n) is 7.60. The number of carbonyl (C=O) groups is 2. The van der Waals surface area contributed by atoms with Crippen LogP contribution in [0.15, 0.2) is 30.3 Å². The number of carbonyl (C=O) groups excluding carboxylic acids is 1. The van der Waals surface area contributed by atoms with Crippen molar-refractivity contribution >= 4 is 23.5 Å². The van der Waals surface area contributed by atoms with E-state index in [1.807, 2.05) is 37.3 Å². The summed E-state index contributed by atoms with van der Waals surface area (Å²) in [5.41, 5.74) is 0.959. The predicted molar refractivity (Wildman–Crippen MR) is 112 cm³/mol. The smallest absolute Gasteiger partial charge is 0.306 e. The summed E-state index contributed by atoms with van der Waals surface area (Å²) in [4.78, 5) is 24.6. The Bertz CT molecular complexity index is 619. The van der Waals surface area contributed by atoms with Gasteiger partial charge >= 0.3 is 5.97 Å². The average Bonchev–Trinajstić information content (AvgIpc) is 2.71. The van der Waals surface area contributed by atoms with Crippen molar-refractivity contribution in [3.8, 4) is 0 Å². The zero-order valence-electron chi connectivity index (χ0n) is 17.0. The summed E-state index contributed by atoms with van der Waals surface area (Å²) in [6.45, 7) is 2.74. The third-order valence-corrected chi connectivity index (χ3v) is 5.74. The minimum absolute atomic E-state index is 0.0394. The first-order chi connectivity index (χ1) is 14.0. The number of hydrogen-bond donors (Lipinski definition) is 2. The molecule has 0 radical (unpaired) electrons. The number of rotatable bonds is 12. The largest absolute Gasteiger partial charge is 0.481 e. The monoisotopic (exact) mass is 425 g/mol. The van der Waals surface area contributed by atoms with Crippen molar-refractivity contribution in [1.82, 2.24) is 5.32 Å². The second-order valence-corrected chi connectivity index (χ2v) is 8.21. The van der Waals surface area contributed by atoms with Crippen LogP contribution in [0.4, 0.5) is 0 Å². The van der Waals surface area contributed by atoms with Crippen LogP contribution >= 0.6 is 11.6 Å². The van der Waals surface area contributed by atoms with E-state index >= 15 is 0 Å². The van der Waals surface area contributed by atoms with Crippen molar-refractivity contribution in [1.29, 1.82) is 0 Å². The van der Waals surface area contributed by atoms with Crippen LogP contribution in [0.2, 0.25) is 0 Å². The van der Waals surface area contributed by atoms with Gasteiger partial charge in [0.1, 0.15) is 6.79 Å². The molecule has 2 atom stereocenters. The minimum Gasteiger partial charge on any atom is -0.481 e. The van der Waals surface area contributed by atoms with Gasteiger partial charge in [-0.15, -0.1) is 11.6 Å². The van der Waals surface area contributed by atoms with Crippen molar-refractivity contribution in [3.63, 3.8) is 0 Å². The van der Waals surface area contributed by atoms with Gasteiger partial charge in [-0.3, -0.25) is 9.59 Å². The Morgan fingerprint density at radius 2 is 1.86 bits per heavy atom. The summed E-state index contributed by atoms with van der Waals surface area (Å²) in [5, 5.41) is 12.9. The maximum absolute atomic E-state index is 12.7. The van der Waals surface area contributed by atoms with E-state index in [0.717, 1.165) is 31.2 Å². The lowest BCUT2D eigenvalue weighted by Gasteiger charge is -2.28. The van der Waals surface area contributed by atoms with E-state index in [4.69, 9.17) is 21.1 Å². The number of amides is 1. The first kappa shape index (κ1) is 23.6. The van der Waals surface area contributed by atoms with Gasteiger partial charge in [-0.25, -0.2) is 0 Å². The Balaban J connectivity index is 1.98. The van der Waals surface area contributed by atoms with Crippen LogP contribution in [-0.2, 0) is 25.5 Å². The Morgan fingerprint density at radius 1 is 1.17 bits per heavy atom. The van der Waals surface area contributed by atoms with E-state index in [-0.39, 0.29) is 36.6 Å². The van der Waals surface area contributed by atoms with E-state index in [0.29, 0.717) is 19.4 Å². The zero-order chi connectivity index (χ0) is 21.1.